The summed E-state index contributed by atoms with van der Waals surface area (Å²) in [7, 11) is 0. The van der Waals surface area contributed by atoms with Crippen LogP contribution in [0.25, 0.3) is 22.8 Å². The van der Waals surface area contributed by atoms with Gasteiger partial charge in [-0.2, -0.15) is 0 Å². The van der Waals surface area contributed by atoms with Crippen molar-refractivity contribution in [2.45, 2.75) is 157 Å². The monoisotopic (exact) mass is 1010 g/mol. The molecule has 9 rings (SSSR count). The van der Waals surface area contributed by atoms with Gasteiger partial charge in [0.05, 0.1) is 34.2 Å². The Morgan fingerprint density at radius 1 is 0.355 bits per heavy atom. The number of hydrogen-bond acceptors (Lipinski definition) is 8. The summed E-state index contributed by atoms with van der Waals surface area (Å²) in [6.45, 7) is 31.1. The van der Waals surface area contributed by atoms with Gasteiger partial charge in [-0.15, -0.1) is 0 Å². The van der Waals surface area contributed by atoms with Gasteiger partial charge in [0, 0.05) is 37.1 Å². The van der Waals surface area contributed by atoms with E-state index in [1.54, 1.807) is 0 Å². The highest BCUT2D eigenvalue weighted by molar-refractivity contribution is 5.61. The summed E-state index contributed by atoms with van der Waals surface area (Å²) in [6.07, 6.45) is 1.57. The molecule has 76 heavy (non-hydrogen) atoms. The van der Waals surface area contributed by atoms with E-state index < -0.39 is 0 Å². The van der Waals surface area contributed by atoms with Crippen LogP contribution in [0.2, 0.25) is 0 Å². The molecule has 0 radical (unpaired) electrons. The maximum absolute atomic E-state index is 12.6. The van der Waals surface area contributed by atoms with Crippen LogP contribution in [-0.2, 0) is 60.6 Å². The zero-order valence-corrected chi connectivity index (χ0v) is 47.3. The number of hydrogen-bond donors (Lipinski definition) is 2. The molecule has 0 amide bonds. The van der Waals surface area contributed by atoms with Crippen LogP contribution < -0.4 is 9.47 Å². The lowest BCUT2D eigenvalue weighted by Crippen LogP contribution is -2.17. The summed E-state index contributed by atoms with van der Waals surface area (Å²) in [5, 5.41) is 25.3. The van der Waals surface area contributed by atoms with Gasteiger partial charge >= 0.3 is 0 Å². The van der Waals surface area contributed by atoms with Gasteiger partial charge in [-0.3, -0.25) is 9.97 Å². The Balaban J connectivity index is 1.30. The number of pyridine rings is 4. The number of aromatic hydroxyl groups is 2. The summed E-state index contributed by atoms with van der Waals surface area (Å²) >= 11 is 0. The molecule has 8 bridgehead atoms. The molecule has 8 heteroatoms. The fourth-order valence-electron chi connectivity index (χ4n) is 10.1. The molecule has 392 valence electrons. The SMILES string of the molecule is Cc1cccc(-c2cccc(COc3c4cc(C(C)(C)C)cc3Cc3cc(C(C)(C)C)cc(c3OCc3cccc(-c5cccc(C)n5)n3)Cc3cc(C(C)(C)C)cc(c3O)Cc3cc(C(C)(C)C)cc(c3O)C4)n2)n1. The molecular weight excluding hydrogens is 937 g/mol. The number of benzene rings is 4. The Morgan fingerprint density at radius 2 is 0.605 bits per heavy atom. The third kappa shape index (κ3) is 12.0. The summed E-state index contributed by atoms with van der Waals surface area (Å²) in [5.74, 6) is 1.94. The Morgan fingerprint density at radius 3 is 0.895 bits per heavy atom. The van der Waals surface area contributed by atoms with E-state index in [0.717, 1.165) is 124 Å². The maximum atomic E-state index is 12.6. The van der Waals surface area contributed by atoms with Crippen molar-refractivity contribution in [1.29, 1.82) is 0 Å². The molecule has 4 aromatic heterocycles. The van der Waals surface area contributed by atoms with Gasteiger partial charge < -0.3 is 19.7 Å². The van der Waals surface area contributed by atoms with Gasteiger partial charge in [0.2, 0.25) is 0 Å². The number of aryl methyl sites for hydroxylation is 2. The second-order valence-electron chi connectivity index (χ2n) is 25.2. The number of ether oxygens (including phenoxy) is 2. The number of phenols is 2. The van der Waals surface area contributed by atoms with Gasteiger partial charge in [0.15, 0.2) is 0 Å². The molecule has 0 fully saturated rings. The van der Waals surface area contributed by atoms with Crippen molar-refractivity contribution in [3.8, 4) is 45.8 Å². The average Bonchev–Trinajstić information content (AvgIpc) is 3.34. The maximum Gasteiger partial charge on any atom is 0.130 e. The summed E-state index contributed by atoms with van der Waals surface area (Å²) in [6, 6.07) is 41.7. The zero-order chi connectivity index (χ0) is 54.5. The van der Waals surface area contributed by atoms with E-state index in [2.05, 4.69) is 132 Å². The summed E-state index contributed by atoms with van der Waals surface area (Å²) < 4.78 is 14.5. The number of nitrogens with zero attached hydrogens (tertiary/aromatic N) is 4. The van der Waals surface area contributed by atoms with Crippen molar-refractivity contribution in [1.82, 2.24) is 19.9 Å². The van der Waals surface area contributed by atoms with Crippen LogP contribution in [0, 0.1) is 13.8 Å². The number of fused-ring (bicyclic) bond motifs is 8. The molecule has 1 aliphatic carbocycles. The number of aromatic nitrogens is 4. The first kappa shape index (κ1) is 53.5. The molecular formula is C68H76N4O4. The molecule has 0 spiro atoms. The quantitative estimate of drug-likeness (QED) is 0.155. The van der Waals surface area contributed by atoms with Crippen LogP contribution in [0.3, 0.4) is 0 Å². The third-order valence-corrected chi connectivity index (χ3v) is 14.7. The summed E-state index contributed by atoms with van der Waals surface area (Å²) in [4.78, 5) is 19.8. The molecule has 0 saturated heterocycles. The first-order valence-electron chi connectivity index (χ1n) is 26.9. The Hall–Kier alpha value is -7.32. The zero-order valence-electron chi connectivity index (χ0n) is 47.3. The minimum absolute atomic E-state index is 0.201. The Bertz CT molecular complexity index is 3240. The number of phenolic OH excluding ortho intramolecular Hbond substituents is 2. The van der Waals surface area contributed by atoms with E-state index in [-0.39, 0.29) is 46.4 Å². The predicted molar refractivity (Wildman–Crippen MR) is 308 cm³/mol. The van der Waals surface area contributed by atoms with Gasteiger partial charge in [-0.1, -0.05) is 156 Å². The molecule has 1 aliphatic rings. The van der Waals surface area contributed by atoms with Crippen molar-refractivity contribution in [2.24, 2.45) is 0 Å². The lowest BCUT2D eigenvalue weighted by atomic mass is 9.79. The topological polar surface area (TPSA) is 110 Å². The van der Waals surface area contributed by atoms with Crippen LogP contribution in [0.1, 0.15) is 173 Å². The van der Waals surface area contributed by atoms with Crippen molar-refractivity contribution in [3.63, 3.8) is 0 Å². The van der Waals surface area contributed by atoms with Crippen LogP contribution in [0.15, 0.2) is 121 Å². The minimum atomic E-state index is -0.244. The second-order valence-corrected chi connectivity index (χ2v) is 25.2. The van der Waals surface area contributed by atoms with Crippen LogP contribution in [0.5, 0.6) is 23.0 Å². The van der Waals surface area contributed by atoms with Crippen LogP contribution in [0.4, 0.5) is 0 Å². The predicted octanol–water partition coefficient (Wildman–Crippen LogP) is 15.7. The molecule has 8 aromatic rings. The van der Waals surface area contributed by atoms with E-state index in [9.17, 15) is 10.2 Å². The highest BCUT2D eigenvalue weighted by atomic mass is 16.5. The Kier molecular flexibility index (Phi) is 14.5. The highest BCUT2D eigenvalue weighted by Crippen LogP contribution is 2.44. The normalized spacial score (nSPS) is 13.1. The van der Waals surface area contributed by atoms with Gasteiger partial charge in [0.25, 0.3) is 0 Å². The van der Waals surface area contributed by atoms with E-state index in [0.29, 0.717) is 25.7 Å². The standard InChI is InChI=1S/C68H76N4O4/c1-41-19-15-23-57(69-41)59-25-17-21-55(71-59)39-75-63-47-28-45-33-51(65(3,4)5)31-43(61(45)73)27-44-32-52(66(6,7)8)34-46(62(44)74)29-48-36-54(68(12,13)14)38-50(30-49(63)37-53(35-47)67(9,10)11)64(48)76-40-56-22-18-26-60(72-56)58-24-16-20-42(2)70-58/h15-26,31-38,73-74H,27-30,39-40H2,1-14H3. The van der Waals surface area contributed by atoms with Crippen molar-refractivity contribution in [2.75, 3.05) is 0 Å². The van der Waals surface area contributed by atoms with Crippen molar-refractivity contribution in [3.05, 3.63) is 211 Å². The van der Waals surface area contributed by atoms with Crippen molar-refractivity contribution < 1.29 is 19.7 Å². The lowest BCUT2D eigenvalue weighted by molar-refractivity contribution is 0.292. The molecule has 0 unspecified atom stereocenters. The van der Waals surface area contributed by atoms with E-state index >= 15 is 0 Å². The molecule has 0 aliphatic heterocycles. The van der Waals surface area contributed by atoms with E-state index in [4.69, 9.17) is 29.4 Å². The van der Waals surface area contributed by atoms with E-state index in [1.165, 1.54) is 0 Å². The molecule has 4 aromatic carbocycles. The summed E-state index contributed by atoms with van der Waals surface area (Å²) in [5.41, 5.74) is 17.1. The largest absolute Gasteiger partial charge is 0.507 e. The van der Waals surface area contributed by atoms with Gasteiger partial charge in [-0.25, -0.2) is 9.97 Å². The Labute approximate surface area is 451 Å². The van der Waals surface area contributed by atoms with Gasteiger partial charge in [0.1, 0.15) is 36.2 Å². The first-order valence-corrected chi connectivity index (χ1v) is 26.9. The molecule has 0 atom stereocenters. The van der Waals surface area contributed by atoms with Crippen LogP contribution >= 0.6 is 0 Å². The average molecular weight is 1010 g/mol. The van der Waals surface area contributed by atoms with Crippen molar-refractivity contribution >= 4 is 0 Å². The highest BCUT2D eigenvalue weighted by Gasteiger charge is 2.29. The second kappa shape index (κ2) is 20.7. The fraction of sp³-hybridized carbons (Fsp3) is 0.353. The molecule has 8 nitrogen and oxygen atoms in total. The smallest absolute Gasteiger partial charge is 0.130 e. The van der Waals surface area contributed by atoms with E-state index in [1.807, 2.05) is 86.6 Å². The lowest BCUT2D eigenvalue weighted by Gasteiger charge is -2.28. The molecule has 0 saturated carbocycles. The van der Waals surface area contributed by atoms with Gasteiger partial charge in [-0.05, 0) is 151 Å². The number of rotatable bonds is 8. The molecule has 2 N–H and O–H groups in total. The molecule has 4 heterocycles. The fourth-order valence-corrected chi connectivity index (χ4v) is 10.1. The minimum Gasteiger partial charge on any atom is -0.507 e. The third-order valence-electron chi connectivity index (χ3n) is 14.7. The van der Waals surface area contributed by atoms with Crippen LogP contribution in [-0.4, -0.2) is 30.1 Å². The first-order chi connectivity index (χ1) is 35.8.